The molecule has 3 nitrogen and oxygen atoms in total. The number of hydrogen-bond donors (Lipinski definition) is 2. The van der Waals surface area contributed by atoms with Gasteiger partial charge in [0.25, 0.3) is 0 Å². The maximum atomic E-state index is 5.56. The lowest BCUT2D eigenvalue weighted by molar-refractivity contribution is 1.10. The van der Waals surface area contributed by atoms with E-state index >= 15 is 0 Å². The third-order valence-corrected chi connectivity index (χ3v) is 1.72. The zero-order valence-electron chi connectivity index (χ0n) is 5.09. The van der Waals surface area contributed by atoms with Crippen molar-refractivity contribution in [2.75, 3.05) is 5.73 Å². The molecule has 1 heterocycles. The van der Waals surface area contributed by atoms with E-state index < -0.39 is 0 Å². The number of nitrogen functional groups attached to an aromatic ring is 1. The van der Waals surface area contributed by atoms with Crippen molar-refractivity contribution in [1.29, 1.82) is 0 Å². The van der Waals surface area contributed by atoms with Crippen LogP contribution in [0.3, 0.4) is 0 Å². The summed E-state index contributed by atoms with van der Waals surface area (Å²) in [5.41, 5.74) is 6.77. The van der Waals surface area contributed by atoms with Crippen molar-refractivity contribution in [2.24, 2.45) is 0 Å². The molecule has 3 N–H and O–H groups in total. The second kappa shape index (κ2) is 1.50. The van der Waals surface area contributed by atoms with Crippen LogP contribution in [0.5, 0.6) is 0 Å². The van der Waals surface area contributed by atoms with E-state index in [0.29, 0.717) is 5.92 Å². The molecule has 0 saturated heterocycles. The molecule has 1 fully saturated rings. The highest BCUT2D eigenvalue weighted by molar-refractivity contribution is 5.41. The molecule has 1 aliphatic rings. The molecular weight excluding hydrogens is 114 g/mol. The Morgan fingerprint density at radius 1 is 1.67 bits per heavy atom. The first-order valence-electron chi connectivity index (χ1n) is 3.16. The summed E-state index contributed by atoms with van der Waals surface area (Å²) in [6, 6.07) is 0. The van der Waals surface area contributed by atoms with Gasteiger partial charge in [-0.15, -0.1) is 0 Å². The van der Waals surface area contributed by atoms with Crippen LogP contribution in [0.1, 0.15) is 24.3 Å². The third-order valence-electron chi connectivity index (χ3n) is 1.72. The van der Waals surface area contributed by atoms with Crippen molar-refractivity contribution >= 4 is 5.82 Å². The fourth-order valence-corrected chi connectivity index (χ4v) is 1.03. The van der Waals surface area contributed by atoms with E-state index in [4.69, 9.17) is 5.73 Å². The van der Waals surface area contributed by atoms with Gasteiger partial charge in [-0.25, -0.2) is 0 Å². The number of H-pyrrole nitrogens is 1. The Morgan fingerprint density at radius 2 is 2.44 bits per heavy atom. The Morgan fingerprint density at radius 3 is 2.89 bits per heavy atom. The lowest BCUT2D eigenvalue weighted by Crippen LogP contribution is -1.88. The monoisotopic (exact) mass is 123 g/mol. The quantitative estimate of drug-likeness (QED) is 0.582. The molecular formula is C6H9N3. The maximum absolute atomic E-state index is 5.56. The number of nitrogens with two attached hydrogens (primary N) is 1. The molecule has 0 bridgehead atoms. The summed E-state index contributed by atoms with van der Waals surface area (Å²) in [5, 5.41) is 6.55. The fourth-order valence-electron chi connectivity index (χ4n) is 1.03. The van der Waals surface area contributed by atoms with Crippen LogP contribution < -0.4 is 5.73 Å². The number of nitrogens with zero attached hydrogens (tertiary/aromatic N) is 1. The van der Waals surface area contributed by atoms with Crippen LogP contribution in [-0.4, -0.2) is 10.2 Å². The summed E-state index contributed by atoms with van der Waals surface area (Å²) in [6.07, 6.45) is 4.39. The molecule has 0 atom stereocenters. The average molecular weight is 123 g/mol. The van der Waals surface area contributed by atoms with Gasteiger partial charge in [-0.2, -0.15) is 5.10 Å². The standard InChI is InChI=1S/C6H9N3/c7-6-5(3-8-9-6)4-1-2-4/h3-4H,1-2H2,(H3,7,8,9). The first-order chi connectivity index (χ1) is 4.38. The van der Waals surface area contributed by atoms with E-state index in [9.17, 15) is 0 Å². The van der Waals surface area contributed by atoms with Crippen molar-refractivity contribution in [3.8, 4) is 0 Å². The highest BCUT2D eigenvalue weighted by atomic mass is 15.1. The molecule has 0 unspecified atom stereocenters. The number of nitrogens with one attached hydrogen (secondary N) is 1. The fraction of sp³-hybridized carbons (Fsp3) is 0.500. The second-order valence-electron chi connectivity index (χ2n) is 2.51. The van der Waals surface area contributed by atoms with Gasteiger partial charge in [-0.05, 0) is 18.8 Å². The van der Waals surface area contributed by atoms with E-state index in [1.807, 2.05) is 6.20 Å². The zero-order valence-corrected chi connectivity index (χ0v) is 5.09. The van der Waals surface area contributed by atoms with E-state index in [1.54, 1.807) is 0 Å². The molecule has 3 heteroatoms. The molecule has 48 valence electrons. The predicted octanol–water partition coefficient (Wildman–Crippen LogP) is 0.869. The first-order valence-corrected chi connectivity index (χ1v) is 3.16. The van der Waals surface area contributed by atoms with E-state index in [0.717, 1.165) is 5.82 Å². The summed E-state index contributed by atoms with van der Waals surface area (Å²) in [6.45, 7) is 0. The third kappa shape index (κ3) is 0.686. The van der Waals surface area contributed by atoms with E-state index in [-0.39, 0.29) is 0 Å². The van der Waals surface area contributed by atoms with Crippen LogP contribution in [0.25, 0.3) is 0 Å². The van der Waals surface area contributed by atoms with E-state index in [1.165, 1.54) is 18.4 Å². The van der Waals surface area contributed by atoms with Gasteiger partial charge in [-0.1, -0.05) is 0 Å². The Bertz CT molecular complexity index is 212. The van der Waals surface area contributed by atoms with Gasteiger partial charge in [0.05, 0.1) is 6.20 Å². The maximum Gasteiger partial charge on any atom is 0.122 e. The summed E-state index contributed by atoms with van der Waals surface area (Å²) >= 11 is 0. The van der Waals surface area contributed by atoms with E-state index in [2.05, 4.69) is 10.2 Å². The molecule has 1 saturated carbocycles. The highest BCUT2D eigenvalue weighted by Crippen LogP contribution is 2.41. The van der Waals surface area contributed by atoms with Crippen molar-refractivity contribution in [3.05, 3.63) is 11.8 Å². The summed E-state index contributed by atoms with van der Waals surface area (Å²) in [4.78, 5) is 0. The van der Waals surface area contributed by atoms with Crippen LogP contribution in [0, 0.1) is 0 Å². The summed E-state index contributed by atoms with van der Waals surface area (Å²) in [5.74, 6) is 1.46. The molecule has 0 radical (unpaired) electrons. The zero-order chi connectivity index (χ0) is 6.27. The normalized spacial score (nSPS) is 18.2. The summed E-state index contributed by atoms with van der Waals surface area (Å²) in [7, 11) is 0. The van der Waals surface area contributed by atoms with Gasteiger partial charge in [0.15, 0.2) is 0 Å². The lowest BCUT2D eigenvalue weighted by atomic mass is 10.2. The van der Waals surface area contributed by atoms with Gasteiger partial charge < -0.3 is 5.73 Å². The number of rotatable bonds is 1. The van der Waals surface area contributed by atoms with Crippen LogP contribution in [0.2, 0.25) is 0 Å². The molecule has 9 heavy (non-hydrogen) atoms. The van der Waals surface area contributed by atoms with Gasteiger partial charge in [0.1, 0.15) is 5.82 Å². The van der Waals surface area contributed by atoms with Gasteiger partial charge in [-0.3, -0.25) is 5.10 Å². The number of anilines is 1. The van der Waals surface area contributed by atoms with Gasteiger partial charge >= 0.3 is 0 Å². The Labute approximate surface area is 53.3 Å². The lowest BCUT2D eigenvalue weighted by Gasteiger charge is -1.89. The minimum Gasteiger partial charge on any atom is -0.384 e. The Balaban J connectivity index is 2.35. The largest absolute Gasteiger partial charge is 0.384 e. The molecule has 0 aromatic carbocycles. The average Bonchev–Trinajstić information content (AvgIpc) is 2.58. The van der Waals surface area contributed by atoms with Crippen molar-refractivity contribution in [1.82, 2.24) is 10.2 Å². The molecule has 1 aromatic heterocycles. The number of aromatic amines is 1. The van der Waals surface area contributed by atoms with Crippen LogP contribution in [0.15, 0.2) is 6.20 Å². The van der Waals surface area contributed by atoms with Gasteiger partial charge in [0, 0.05) is 5.56 Å². The molecule has 0 amide bonds. The SMILES string of the molecule is Nc1[nH]ncc1C1CC1. The minimum atomic E-state index is 0.712. The molecule has 1 aliphatic carbocycles. The Kier molecular flexibility index (Phi) is 0.806. The van der Waals surface area contributed by atoms with Crippen molar-refractivity contribution in [3.63, 3.8) is 0 Å². The number of hydrogen-bond acceptors (Lipinski definition) is 2. The van der Waals surface area contributed by atoms with Crippen molar-refractivity contribution < 1.29 is 0 Å². The van der Waals surface area contributed by atoms with Gasteiger partial charge in [0.2, 0.25) is 0 Å². The smallest absolute Gasteiger partial charge is 0.122 e. The molecule has 0 spiro atoms. The van der Waals surface area contributed by atoms with Crippen LogP contribution in [0.4, 0.5) is 5.82 Å². The first kappa shape index (κ1) is 4.85. The number of aromatic nitrogens is 2. The van der Waals surface area contributed by atoms with Crippen LogP contribution >= 0.6 is 0 Å². The topological polar surface area (TPSA) is 54.7 Å². The highest BCUT2D eigenvalue weighted by Gasteiger charge is 2.26. The van der Waals surface area contributed by atoms with Crippen molar-refractivity contribution in [2.45, 2.75) is 18.8 Å². The van der Waals surface area contributed by atoms with Crippen LogP contribution in [-0.2, 0) is 0 Å². The predicted molar refractivity (Wildman–Crippen MR) is 35.0 cm³/mol. The minimum absolute atomic E-state index is 0.712. The molecule has 1 aromatic rings. The summed E-state index contributed by atoms with van der Waals surface area (Å²) < 4.78 is 0. The second-order valence-corrected chi connectivity index (χ2v) is 2.51. The Hall–Kier alpha value is -0.990. The molecule has 2 rings (SSSR count). The molecule has 0 aliphatic heterocycles.